The molecule has 0 aromatic carbocycles. The molecule has 1 spiro atoms. The highest BCUT2D eigenvalue weighted by molar-refractivity contribution is 5.04. The Labute approximate surface area is 61.7 Å². The Kier molecular flexibility index (Phi) is 1.29. The molecule has 0 radical (unpaired) electrons. The number of hydrogen-bond acceptors (Lipinski definition) is 2. The summed E-state index contributed by atoms with van der Waals surface area (Å²) in [6, 6.07) is 0. The third-order valence-electron chi connectivity index (χ3n) is 3.10. The molecule has 0 aromatic heterocycles. The van der Waals surface area contributed by atoms with Crippen LogP contribution in [0.4, 0.5) is 0 Å². The Balaban J connectivity index is 1.95. The molecule has 2 aliphatic rings. The molecule has 0 amide bonds. The summed E-state index contributed by atoms with van der Waals surface area (Å²) in [5.74, 6) is 0.893. The van der Waals surface area contributed by atoms with Crippen molar-refractivity contribution in [2.45, 2.75) is 25.9 Å². The summed E-state index contributed by atoms with van der Waals surface area (Å²) in [5, 5.41) is 0. The van der Waals surface area contributed by atoms with Crippen LogP contribution >= 0.6 is 0 Å². The van der Waals surface area contributed by atoms with E-state index < -0.39 is 0 Å². The van der Waals surface area contributed by atoms with E-state index in [0.717, 1.165) is 12.5 Å². The number of rotatable bonds is 1. The van der Waals surface area contributed by atoms with Crippen molar-refractivity contribution in [2.75, 3.05) is 13.2 Å². The summed E-state index contributed by atoms with van der Waals surface area (Å²) in [4.78, 5) is 0. The fourth-order valence-electron chi connectivity index (χ4n) is 2.04. The number of ether oxygens (including phenoxy) is 1. The summed E-state index contributed by atoms with van der Waals surface area (Å²) >= 11 is 0. The summed E-state index contributed by atoms with van der Waals surface area (Å²) in [5.41, 5.74) is 6.08. The van der Waals surface area contributed by atoms with Crippen LogP contribution in [0.1, 0.15) is 19.8 Å². The minimum absolute atomic E-state index is 0.366. The largest absolute Gasteiger partial charge is 0.376 e. The van der Waals surface area contributed by atoms with Gasteiger partial charge in [0.25, 0.3) is 0 Å². The molecule has 1 saturated carbocycles. The Hall–Kier alpha value is -0.0800. The van der Waals surface area contributed by atoms with Crippen molar-refractivity contribution in [2.24, 2.45) is 17.1 Å². The Morgan fingerprint density at radius 3 is 2.60 bits per heavy atom. The molecule has 1 aliphatic carbocycles. The second kappa shape index (κ2) is 1.95. The van der Waals surface area contributed by atoms with E-state index in [1.165, 1.54) is 12.8 Å². The van der Waals surface area contributed by atoms with Gasteiger partial charge in [0.15, 0.2) is 0 Å². The predicted molar refractivity (Wildman–Crippen MR) is 39.6 cm³/mol. The van der Waals surface area contributed by atoms with Gasteiger partial charge in [0.05, 0.1) is 12.7 Å². The van der Waals surface area contributed by atoms with Crippen LogP contribution in [-0.2, 0) is 4.74 Å². The molecule has 2 N–H and O–H groups in total. The first kappa shape index (κ1) is 6.62. The Bertz CT molecular complexity index is 148. The van der Waals surface area contributed by atoms with Crippen LogP contribution in [0.15, 0.2) is 0 Å². The van der Waals surface area contributed by atoms with Crippen molar-refractivity contribution in [1.29, 1.82) is 0 Å². The molecule has 1 aliphatic heterocycles. The first-order chi connectivity index (χ1) is 4.77. The van der Waals surface area contributed by atoms with Gasteiger partial charge in [-0.05, 0) is 24.2 Å². The van der Waals surface area contributed by atoms with Gasteiger partial charge < -0.3 is 10.5 Å². The molecule has 0 aromatic rings. The van der Waals surface area contributed by atoms with E-state index in [9.17, 15) is 0 Å². The fourth-order valence-corrected chi connectivity index (χ4v) is 2.04. The van der Waals surface area contributed by atoms with Crippen molar-refractivity contribution in [3.8, 4) is 0 Å². The topological polar surface area (TPSA) is 35.2 Å². The number of hydrogen-bond donors (Lipinski definition) is 1. The van der Waals surface area contributed by atoms with Crippen molar-refractivity contribution in [3.63, 3.8) is 0 Å². The van der Waals surface area contributed by atoms with E-state index in [2.05, 4.69) is 6.92 Å². The van der Waals surface area contributed by atoms with Gasteiger partial charge in [-0.2, -0.15) is 0 Å². The van der Waals surface area contributed by atoms with Gasteiger partial charge in [0.2, 0.25) is 0 Å². The lowest BCUT2D eigenvalue weighted by Gasteiger charge is -2.03. The van der Waals surface area contributed by atoms with Crippen LogP contribution in [0.25, 0.3) is 0 Å². The van der Waals surface area contributed by atoms with Crippen molar-refractivity contribution >= 4 is 0 Å². The van der Waals surface area contributed by atoms with Crippen LogP contribution in [0, 0.1) is 11.3 Å². The van der Waals surface area contributed by atoms with Gasteiger partial charge >= 0.3 is 0 Å². The Morgan fingerprint density at radius 2 is 2.30 bits per heavy atom. The Morgan fingerprint density at radius 1 is 1.60 bits per heavy atom. The third-order valence-corrected chi connectivity index (χ3v) is 3.10. The minimum atomic E-state index is 0.366. The lowest BCUT2D eigenvalue weighted by Crippen LogP contribution is -2.18. The van der Waals surface area contributed by atoms with Crippen molar-refractivity contribution in [1.82, 2.24) is 0 Å². The summed E-state index contributed by atoms with van der Waals surface area (Å²) < 4.78 is 5.53. The molecule has 10 heavy (non-hydrogen) atoms. The van der Waals surface area contributed by atoms with E-state index in [-0.39, 0.29) is 0 Å². The molecule has 2 heteroatoms. The zero-order valence-corrected chi connectivity index (χ0v) is 6.47. The SMILES string of the molecule is C[C@@H]1C[C@@]12CO[C@@H](CN)C2. The first-order valence-corrected chi connectivity index (χ1v) is 4.08. The normalized spacial score (nSPS) is 52.2. The van der Waals surface area contributed by atoms with Crippen molar-refractivity contribution in [3.05, 3.63) is 0 Å². The highest BCUT2D eigenvalue weighted by Crippen LogP contribution is 2.58. The maximum Gasteiger partial charge on any atom is 0.0703 e. The van der Waals surface area contributed by atoms with Crippen molar-refractivity contribution < 1.29 is 4.74 Å². The van der Waals surface area contributed by atoms with Gasteiger partial charge in [-0.1, -0.05) is 6.92 Å². The molecular formula is C8H15NO. The second-order valence-corrected chi connectivity index (χ2v) is 3.84. The van der Waals surface area contributed by atoms with E-state index >= 15 is 0 Å². The monoisotopic (exact) mass is 141 g/mol. The number of nitrogens with two attached hydrogens (primary N) is 1. The van der Waals surface area contributed by atoms with E-state index in [1.54, 1.807) is 0 Å². The van der Waals surface area contributed by atoms with Crippen LogP contribution in [0.5, 0.6) is 0 Å². The molecule has 0 bridgehead atoms. The zero-order valence-electron chi connectivity index (χ0n) is 6.47. The van der Waals surface area contributed by atoms with Crippen LogP contribution in [-0.4, -0.2) is 19.3 Å². The smallest absolute Gasteiger partial charge is 0.0703 e. The molecule has 1 saturated heterocycles. The molecule has 2 fully saturated rings. The lowest BCUT2D eigenvalue weighted by molar-refractivity contribution is 0.110. The summed E-state index contributed by atoms with van der Waals surface area (Å²) in [7, 11) is 0. The average molecular weight is 141 g/mol. The lowest BCUT2D eigenvalue weighted by atomic mass is 10.0. The highest BCUT2D eigenvalue weighted by atomic mass is 16.5. The van der Waals surface area contributed by atoms with E-state index in [1.807, 2.05) is 0 Å². The molecular weight excluding hydrogens is 126 g/mol. The summed E-state index contributed by atoms with van der Waals surface area (Å²) in [6.07, 6.45) is 2.94. The van der Waals surface area contributed by atoms with E-state index in [4.69, 9.17) is 10.5 Å². The van der Waals surface area contributed by atoms with Crippen LogP contribution in [0.3, 0.4) is 0 Å². The van der Waals surface area contributed by atoms with Gasteiger partial charge in [-0.3, -0.25) is 0 Å². The fraction of sp³-hybridized carbons (Fsp3) is 1.00. The predicted octanol–water partition coefficient (Wildman–Crippen LogP) is 0.760. The molecule has 1 heterocycles. The molecule has 3 atom stereocenters. The average Bonchev–Trinajstić information content (AvgIpc) is 2.43. The maximum atomic E-state index is 5.53. The zero-order chi connectivity index (χ0) is 7.19. The minimum Gasteiger partial charge on any atom is -0.376 e. The molecule has 0 unspecified atom stereocenters. The first-order valence-electron chi connectivity index (χ1n) is 4.08. The molecule has 2 rings (SSSR count). The van der Waals surface area contributed by atoms with Gasteiger partial charge in [-0.25, -0.2) is 0 Å². The maximum absolute atomic E-state index is 5.53. The standard InChI is InChI=1S/C8H15NO/c1-6-2-8(6)3-7(4-9)10-5-8/h6-7H,2-5,9H2,1H3/t6-,7-,8-/m1/s1. The van der Waals surface area contributed by atoms with Crippen LogP contribution < -0.4 is 5.73 Å². The second-order valence-electron chi connectivity index (χ2n) is 3.84. The summed E-state index contributed by atoms with van der Waals surface area (Å²) in [6.45, 7) is 3.98. The van der Waals surface area contributed by atoms with Gasteiger partial charge in [0, 0.05) is 6.54 Å². The highest BCUT2D eigenvalue weighted by Gasteiger charge is 2.55. The van der Waals surface area contributed by atoms with E-state index in [0.29, 0.717) is 18.1 Å². The molecule has 2 nitrogen and oxygen atoms in total. The van der Waals surface area contributed by atoms with Gasteiger partial charge in [-0.15, -0.1) is 0 Å². The van der Waals surface area contributed by atoms with Crippen LogP contribution in [0.2, 0.25) is 0 Å². The quantitative estimate of drug-likeness (QED) is 0.585. The third kappa shape index (κ3) is 0.789. The molecule has 58 valence electrons. The van der Waals surface area contributed by atoms with Gasteiger partial charge in [0.1, 0.15) is 0 Å².